The van der Waals surface area contributed by atoms with Gasteiger partial charge >= 0.3 is 0 Å². The molecule has 0 saturated heterocycles. The predicted molar refractivity (Wildman–Crippen MR) is 183 cm³/mol. The summed E-state index contributed by atoms with van der Waals surface area (Å²) in [7, 11) is -11.3. The van der Waals surface area contributed by atoms with Gasteiger partial charge in [0.05, 0.1) is 41.4 Å². The van der Waals surface area contributed by atoms with Crippen LogP contribution in [0.3, 0.4) is 0 Å². The second kappa shape index (κ2) is 15.8. The zero-order valence-corrected chi connectivity index (χ0v) is 29.4. The summed E-state index contributed by atoms with van der Waals surface area (Å²) in [4.78, 5) is 12.9. The molecule has 0 unspecified atom stereocenters. The molecule has 0 radical (unpaired) electrons. The number of hydrogen-bond acceptors (Lipinski definition) is 15. The van der Waals surface area contributed by atoms with E-state index in [1.54, 1.807) is 43.3 Å². The summed E-state index contributed by atoms with van der Waals surface area (Å²) in [6.45, 7) is 1.72. The molecule has 0 spiro atoms. The number of fused-ring (bicyclic) bond motifs is 1. The summed E-state index contributed by atoms with van der Waals surface area (Å²) in [5.41, 5.74) is 1.83. The molecule has 1 aromatic heterocycles. The molecular weight excluding hydrogens is 729 g/mol. The molecule has 0 aliphatic heterocycles. The van der Waals surface area contributed by atoms with Crippen LogP contribution in [0.5, 0.6) is 5.75 Å². The Morgan fingerprint density at radius 1 is 0.833 bits per heavy atom. The van der Waals surface area contributed by atoms with E-state index in [9.17, 15) is 29.8 Å². The lowest BCUT2D eigenvalue weighted by atomic mass is 10.1. The lowest BCUT2D eigenvalue weighted by molar-refractivity contribution is 0.417. The van der Waals surface area contributed by atoms with E-state index in [0.29, 0.717) is 39.1 Å². The number of thioether (sulfide) groups is 2. The highest BCUT2D eigenvalue weighted by Crippen LogP contribution is 2.34. The lowest BCUT2D eigenvalue weighted by Crippen LogP contribution is -2.08. The average molecular weight is 759 g/mol. The number of anilines is 2. The average Bonchev–Trinajstić information content (AvgIpc) is 2.99. The fourth-order valence-electron chi connectivity index (χ4n) is 4.13. The standard InChI is InChI=1S/C27H30N6O10S5/c1-17-12-18-4-5-19(14-21(18)24(13-17)48(40,41)42)32-33-20-6-7-22(23(15-20)43-2)28-26-29-25(16-44-9-11-47(37,38)39)30-27(31-26)45-8-3-10-46(34,35)36/h4-7,12-15H,3,8-11,16H2,1-2H3,(H,34,35,36)(H,37,38,39)(H,40,41,42)(H,28,29,30,31)/b33-32+. The summed E-state index contributed by atoms with van der Waals surface area (Å²) >= 11 is 2.31. The van der Waals surface area contributed by atoms with Gasteiger partial charge in [-0.15, -0.1) is 0 Å². The Morgan fingerprint density at radius 3 is 2.19 bits per heavy atom. The van der Waals surface area contributed by atoms with Crippen molar-refractivity contribution in [3.8, 4) is 5.75 Å². The maximum absolute atomic E-state index is 12.0. The summed E-state index contributed by atoms with van der Waals surface area (Å²) < 4.78 is 101. The third-order valence-electron chi connectivity index (χ3n) is 6.19. The van der Waals surface area contributed by atoms with Crippen molar-refractivity contribution in [3.63, 3.8) is 0 Å². The van der Waals surface area contributed by atoms with Crippen molar-refractivity contribution < 1.29 is 43.6 Å². The van der Waals surface area contributed by atoms with Crippen LogP contribution < -0.4 is 10.1 Å². The summed E-state index contributed by atoms with van der Waals surface area (Å²) in [6.07, 6.45) is 0.140. The molecule has 21 heteroatoms. The van der Waals surface area contributed by atoms with Gasteiger partial charge in [-0.25, -0.2) is 4.98 Å². The predicted octanol–water partition coefficient (Wildman–Crippen LogP) is 5.24. The first kappa shape index (κ1) is 37.4. The van der Waals surface area contributed by atoms with Gasteiger partial charge in [-0.05, 0) is 54.6 Å². The Hall–Kier alpha value is -3.44. The minimum absolute atomic E-state index is 0.0918. The van der Waals surface area contributed by atoms with Crippen LogP contribution in [0, 0.1) is 6.92 Å². The van der Waals surface area contributed by atoms with Crippen molar-refractivity contribution in [2.24, 2.45) is 10.2 Å². The van der Waals surface area contributed by atoms with Crippen LogP contribution >= 0.6 is 23.5 Å². The second-order valence-electron chi connectivity index (χ2n) is 10.0. The maximum Gasteiger partial charge on any atom is 0.295 e. The topological polar surface area (TPSA) is 248 Å². The number of aryl methyl sites for hydroxylation is 1. The van der Waals surface area contributed by atoms with E-state index in [-0.39, 0.29) is 45.5 Å². The van der Waals surface area contributed by atoms with Gasteiger partial charge in [0.1, 0.15) is 16.5 Å². The highest BCUT2D eigenvalue weighted by Gasteiger charge is 2.16. The highest BCUT2D eigenvalue weighted by atomic mass is 32.2. The number of nitrogens with zero attached hydrogens (tertiary/aromatic N) is 5. The fraction of sp³-hybridized carbons (Fsp3) is 0.296. The number of azo groups is 1. The largest absolute Gasteiger partial charge is 0.494 e. The van der Waals surface area contributed by atoms with Gasteiger partial charge in [-0.3, -0.25) is 13.7 Å². The first-order valence-electron chi connectivity index (χ1n) is 13.7. The number of methoxy groups -OCH3 is 1. The Labute approximate surface area is 285 Å². The molecule has 0 aliphatic carbocycles. The van der Waals surface area contributed by atoms with E-state index in [0.717, 1.165) is 11.8 Å². The van der Waals surface area contributed by atoms with Gasteiger partial charge in [0.15, 0.2) is 5.16 Å². The number of rotatable bonds is 16. The van der Waals surface area contributed by atoms with Crippen LogP contribution in [-0.4, -0.2) is 84.0 Å². The minimum atomic E-state index is -4.48. The van der Waals surface area contributed by atoms with Crippen LogP contribution in [0.15, 0.2) is 68.8 Å². The second-order valence-corrected chi connectivity index (χ2v) is 16.7. The van der Waals surface area contributed by atoms with Crippen molar-refractivity contribution >= 4 is 87.7 Å². The number of hydrogen-bond donors (Lipinski definition) is 4. The monoisotopic (exact) mass is 758 g/mol. The normalized spacial score (nSPS) is 12.5. The molecule has 0 amide bonds. The Balaban J connectivity index is 1.55. The SMILES string of the molecule is COc1cc(/N=N/c2ccc3cc(C)cc(S(=O)(=O)O)c3c2)ccc1Nc1nc(CSCCS(=O)(=O)O)nc(SCCCS(=O)(=O)O)n1. The Bertz CT molecular complexity index is 2110. The molecule has 4 rings (SSSR count). The quantitative estimate of drug-likeness (QED) is 0.0494. The first-order chi connectivity index (χ1) is 22.5. The number of benzene rings is 3. The first-order valence-corrected chi connectivity index (χ1v) is 20.5. The van der Waals surface area contributed by atoms with E-state index in [1.807, 2.05) is 0 Å². The van der Waals surface area contributed by atoms with Crippen LogP contribution in [0.25, 0.3) is 10.8 Å². The molecule has 0 bridgehead atoms. The van der Waals surface area contributed by atoms with Gasteiger partial charge < -0.3 is 10.1 Å². The summed E-state index contributed by atoms with van der Waals surface area (Å²) in [5.74, 6) is 0.408. The molecule has 16 nitrogen and oxygen atoms in total. The summed E-state index contributed by atoms with van der Waals surface area (Å²) in [5, 5.41) is 12.6. The molecule has 4 aromatic rings. The van der Waals surface area contributed by atoms with Crippen LogP contribution in [0.1, 0.15) is 17.8 Å². The number of nitrogens with one attached hydrogen (secondary N) is 1. The molecule has 258 valence electrons. The van der Waals surface area contributed by atoms with Crippen LogP contribution in [-0.2, 0) is 36.1 Å². The zero-order valence-electron chi connectivity index (χ0n) is 25.3. The summed E-state index contributed by atoms with van der Waals surface area (Å²) in [6, 6.07) is 12.8. The van der Waals surface area contributed by atoms with Crippen LogP contribution in [0.2, 0.25) is 0 Å². The molecular formula is C27H30N6O10S5. The minimum Gasteiger partial charge on any atom is -0.494 e. The fourth-order valence-corrected chi connectivity index (χ4v) is 8.17. The van der Waals surface area contributed by atoms with E-state index in [1.165, 1.54) is 31.0 Å². The van der Waals surface area contributed by atoms with Crippen molar-refractivity contribution in [2.75, 3.05) is 35.4 Å². The molecule has 48 heavy (non-hydrogen) atoms. The molecule has 0 aliphatic rings. The van der Waals surface area contributed by atoms with Gasteiger partial charge in [-0.2, -0.15) is 57.2 Å². The Kier molecular flexibility index (Phi) is 12.3. The highest BCUT2D eigenvalue weighted by molar-refractivity contribution is 7.99. The third-order valence-corrected chi connectivity index (χ3v) is 10.8. The van der Waals surface area contributed by atoms with Gasteiger partial charge in [0.2, 0.25) is 5.95 Å². The van der Waals surface area contributed by atoms with E-state index < -0.39 is 41.9 Å². The van der Waals surface area contributed by atoms with Gasteiger partial charge in [0.25, 0.3) is 30.4 Å². The van der Waals surface area contributed by atoms with E-state index >= 15 is 0 Å². The molecule has 4 N–H and O–H groups in total. The molecule has 3 aromatic carbocycles. The van der Waals surface area contributed by atoms with Crippen molar-refractivity contribution in [3.05, 3.63) is 59.9 Å². The van der Waals surface area contributed by atoms with E-state index in [4.69, 9.17) is 13.8 Å². The lowest BCUT2D eigenvalue weighted by Gasteiger charge is -2.12. The zero-order chi connectivity index (χ0) is 35.1. The number of ether oxygens (including phenoxy) is 1. The van der Waals surface area contributed by atoms with Crippen molar-refractivity contribution in [1.29, 1.82) is 0 Å². The van der Waals surface area contributed by atoms with Gasteiger partial charge in [0, 0.05) is 23.0 Å². The molecule has 0 atom stereocenters. The smallest absolute Gasteiger partial charge is 0.295 e. The van der Waals surface area contributed by atoms with E-state index in [2.05, 4.69) is 30.5 Å². The van der Waals surface area contributed by atoms with Gasteiger partial charge in [-0.1, -0.05) is 23.9 Å². The molecule has 1 heterocycles. The molecule has 0 saturated carbocycles. The van der Waals surface area contributed by atoms with Crippen molar-refractivity contribution in [1.82, 2.24) is 15.0 Å². The maximum atomic E-state index is 12.0. The number of aromatic nitrogens is 3. The third kappa shape index (κ3) is 11.6. The van der Waals surface area contributed by atoms with Crippen LogP contribution in [0.4, 0.5) is 23.0 Å². The Morgan fingerprint density at radius 2 is 1.52 bits per heavy atom. The van der Waals surface area contributed by atoms with Crippen molar-refractivity contribution in [2.45, 2.75) is 29.1 Å². The molecule has 0 fully saturated rings.